The third-order valence-electron chi connectivity index (χ3n) is 2.24. The van der Waals surface area contributed by atoms with Gasteiger partial charge in [0, 0.05) is 13.0 Å². The van der Waals surface area contributed by atoms with Crippen LogP contribution in [0.2, 0.25) is 0 Å². The van der Waals surface area contributed by atoms with Crippen LogP contribution in [-0.4, -0.2) is 29.1 Å². The number of hydrogen-bond donors (Lipinski definition) is 2. The number of H-pyrrole nitrogens is 1. The fourth-order valence-electron chi connectivity index (χ4n) is 1.53. The van der Waals surface area contributed by atoms with Crippen molar-refractivity contribution in [3.05, 3.63) is 16.1 Å². The Morgan fingerprint density at radius 2 is 2.50 bits per heavy atom. The van der Waals surface area contributed by atoms with Crippen molar-refractivity contribution in [2.24, 2.45) is 0 Å². The lowest BCUT2D eigenvalue weighted by Gasteiger charge is -2.20. The lowest BCUT2D eigenvalue weighted by Crippen LogP contribution is -2.42. The number of rotatable bonds is 1. The Bertz CT molecular complexity index is 363. The van der Waals surface area contributed by atoms with Gasteiger partial charge in [0.1, 0.15) is 6.04 Å². The third kappa shape index (κ3) is 1.67. The molecule has 6 heteroatoms. The van der Waals surface area contributed by atoms with Crippen LogP contribution in [0, 0.1) is 0 Å². The molecule has 1 aliphatic heterocycles. The zero-order valence-corrected chi connectivity index (χ0v) is 9.22. The van der Waals surface area contributed by atoms with E-state index in [1.807, 2.05) is 0 Å². The largest absolute Gasteiger partial charge is 0.468 e. The van der Waals surface area contributed by atoms with E-state index in [4.69, 9.17) is 0 Å². The fourth-order valence-corrected chi connectivity index (χ4v) is 1.98. The molecule has 1 aromatic heterocycles. The van der Waals surface area contributed by atoms with E-state index in [-0.39, 0.29) is 12.0 Å². The highest BCUT2D eigenvalue weighted by atomic mass is 79.9. The van der Waals surface area contributed by atoms with E-state index < -0.39 is 0 Å². The average Bonchev–Trinajstić information content (AvgIpc) is 2.55. The predicted molar refractivity (Wildman–Crippen MR) is 52.6 cm³/mol. The van der Waals surface area contributed by atoms with Crippen molar-refractivity contribution < 1.29 is 9.53 Å². The zero-order valence-electron chi connectivity index (χ0n) is 7.63. The fraction of sp³-hybridized carbons (Fsp3) is 0.500. The van der Waals surface area contributed by atoms with Gasteiger partial charge in [0.15, 0.2) is 4.73 Å². The van der Waals surface area contributed by atoms with Crippen LogP contribution >= 0.6 is 15.9 Å². The topological polar surface area (TPSA) is 67.0 Å². The summed E-state index contributed by atoms with van der Waals surface area (Å²) in [6, 6.07) is -0.275. The number of aromatic nitrogens is 2. The first-order valence-corrected chi connectivity index (χ1v) is 5.04. The molecule has 76 valence electrons. The van der Waals surface area contributed by atoms with Crippen LogP contribution < -0.4 is 5.32 Å². The van der Waals surface area contributed by atoms with Gasteiger partial charge in [-0.25, -0.2) is 4.98 Å². The number of nitrogens with zero attached hydrogens (tertiary/aromatic N) is 1. The van der Waals surface area contributed by atoms with Gasteiger partial charge in [-0.05, 0) is 15.9 Å². The van der Waals surface area contributed by atoms with Crippen LogP contribution in [0.25, 0.3) is 0 Å². The van der Waals surface area contributed by atoms with Crippen molar-refractivity contribution in [1.82, 2.24) is 15.3 Å². The summed E-state index contributed by atoms with van der Waals surface area (Å²) in [6.45, 7) is 0.619. The van der Waals surface area contributed by atoms with E-state index in [0.29, 0.717) is 17.7 Å². The van der Waals surface area contributed by atoms with E-state index >= 15 is 0 Å². The number of carbonyl (C=O) groups excluding carboxylic acids is 1. The second-order valence-electron chi connectivity index (χ2n) is 3.11. The Morgan fingerprint density at radius 3 is 3.21 bits per heavy atom. The van der Waals surface area contributed by atoms with Gasteiger partial charge in [-0.2, -0.15) is 0 Å². The molecule has 2 heterocycles. The number of ether oxygens (including phenoxy) is 1. The number of methoxy groups -OCH3 is 1. The van der Waals surface area contributed by atoms with Crippen LogP contribution in [0.5, 0.6) is 0 Å². The minimum Gasteiger partial charge on any atom is -0.468 e. The summed E-state index contributed by atoms with van der Waals surface area (Å²) in [7, 11) is 1.39. The SMILES string of the molecule is COC(=O)C1Cc2nc(Br)[nH]c2CN1. The molecular weight excluding hydrogens is 250 g/mol. The summed E-state index contributed by atoms with van der Waals surface area (Å²) in [5.41, 5.74) is 1.95. The number of carbonyl (C=O) groups is 1. The van der Waals surface area contributed by atoms with E-state index in [0.717, 1.165) is 11.4 Å². The van der Waals surface area contributed by atoms with Gasteiger partial charge in [0.2, 0.25) is 0 Å². The molecule has 0 fully saturated rings. The number of nitrogens with one attached hydrogen (secondary N) is 2. The van der Waals surface area contributed by atoms with Gasteiger partial charge in [0.05, 0.1) is 18.5 Å². The summed E-state index contributed by atoms with van der Waals surface area (Å²) in [5, 5.41) is 3.07. The molecule has 0 amide bonds. The minimum absolute atomic E-state index is 0.241. The summed E-state index contributed by atoms with van der Waals surface area (Å²) in [5.74, 6) is -0.241. The van der Waals surface area contributed by atoms with Crippen molar-refractivity contribution in [1.29, 1.82) is 0 Å². The quantitative estimate of drug-likeness (QED) is 0.715. The second-order valence-corrected chi connectivity index (χ2v) is 3.86. The second kappa shape index (κ2) is 3.70. The highest BCUT2D eigenvalue weighted by molar-refractivity contribution is 9.10. The molecule has 0 saturated heterocycles. The number of aromatic amines is 1. The molecule has 14 heavy (non-hydrogen) atoms. The molecule has 1 aromatic rings. The van der Waals surface area contributed by atoms with Crippen molar-refractivity contribution in [3.8, 4) is 0 Å². The molecular formula is C8H10BrN3O2. The summed E-state index contributed by atoms with van der Waals surface area (Å²) in [6.07, 6.45) is 0.574. The predicted octanol–water partition coefficient (Wildman–Crippen LogP) is 0.359. The first kappa shape index (κ1) is 9.67. The molecule has 0 spiro atoms. The molecule has 0 saturated carbocycles. The molecule has 0 aliphatic carbocycles. The van der Waals surface area contributed by atoms with Crippen molar-refractivity contribution in [2.45, 2.75) is 19.0 Å². The Balaban J connectivity index is 2.16. The van der Waals surface area contributed by atoms with Gasteiger partial charge in [-0.15, -0.1) is 0 Å². The molecule has 0 aromatic carbocycles. The van der Waals surface area contributed by atoms with Crippen LogP contribution in [0.1, 0.15) is 11.4 Å². The van der Waals surface area contributed by atoms with Crippen molar-refractivity contribution in [2.75, 3.05) is 7.11 Å². The Kier molecular flexibility index (Phi) is 2.56. The van der Waals surface area contributed by atoms with Crippen molar-refractivity contribution in [3.63, 3.8) is 0 Å². The maximum absolute atomic E-state index is 11.2. The third-order valence-corrected chi connectivity index (χ3v) is 2.62. The normalized spacial score (nSPS) is 20.3. The molecule has 1 unspecified atom stereocenters. The Hall–Kier alpha value is -0.880. The maximum atomic E-state index is 11.2. The van der Waals surface area contributed by atoms with Crippen LogP contribution in [0.4, 0.5) is 0 Å². The summed E-state index contributed by atoms with van der Waals surface area (Å²) < 4.78 is 5.36. The average molecular weight is 260 g/mol. The number of hydrogen-bond acceptors (Lipinski definition) is 4. The number of esters is 1. The lowest BCUT2D eigenvalue weighted by molar-refractivity contribution is -0.143. The molecule has 0 radical (unpaired) electrons. The molecule has 2 N–H and O–H groups in total. The van der Waals surface area contributed by atoms with E-state index in [2.05, 4.69) is 36.0 Å². The van der Waals surface area contributed by atoms with Crippen LogP contribution in [0.15, 0.2) is 4.73 Å². The molecule has 0 bridgehead atoms. The first-order valence-electron chi connectivity index (χ1n) is 4.25. The number of fused-ring (bicyclic) bond motifs is 1. The molecule has 5 nitrogen and oxygen atoms in total. The van der Waals surface area contributed by atoms with Crippen molar-refractivity contribution >= 4 is 21.9 Å². The molecule has 1 atom stereocenters. The number of halogens is 1. The van der Waals surface area contributed by atoms with Crippen LogP contribution in [-0.2, 0) is 22.5 Å². The zero-order chi connectivity index (χ0) is 10.1. The lowest BCUT2D eigenvalue weighted by atomic mass is 10.1. The van der Waals surface area contributed by atoms with Gasteiger partial charge in [-0.1, -0.05) is 0 Å². The summed E-state index contributed by atoms with van der Waals surface area (Å²) in [4.78, 5) is 18.5. The van der Waals surface area contributed by atoms with E-state index in [9.17, 15) is 4.79 Å². The molecule has 2 rings (SSSR count). The standard InChI is InChI=1S/C8H10BrN3O2/c1-14-7(13)5-2-4-6(3-10-5)12-8(9)11-4/h5,10H,2-3H2,1H3,(H,11,12). The molecule has 1 aliphatic rings. The van der Waals surface area contributed by atoms with E-state index in [1.54, 1.807) is 0 Å². The monoisotopic (exact) mass is 259 g/mol. The highest BCUT2D eigenvalue weighted by Crippen LogP contribution is 2.17. The summed E-state index contributed by atoms with van der Waals surface area (Å²) >= 11 is 3.26. The van der Waals surface area contributed by atoms with Crippen LogP contribution in [0.3, 0.4) is 0 Å². The number of imidazole rings is 1. The Morgan fingerprint density at radius 1 is 1.71 bits per heavy atom. The minimum atomic E-state index is -0.275. The van der Waals surface area contributed by atoms with Gasteiger partial charge >= 0.3 is 5.97 Å². The van der Waals surface area contributed by atoms with E-state index in [1.165, 1.54) is 7.11 Å². The Labute approximate surface area is 89.4 Å². The van der Waals surface area contributed by atoms with Gasteiger partial charge in [0.25, 0.3) is 0 Å². The van der Waals surface area contributed by atoms with Gasteiger partial charge in [-0.3, -0.25) is 10.1 Å². The first-order chi connectivity index (χ1) is 6.70. The smallest absolute Gasteiger partial charge is 0.323 e. The van der Waals surface area contributed by atoms with Gasteiger partial charge < -0.3 is 9.72 Å². The highest BCUT2D eigenvalue weighted by Gasteiger charge is 2.26. The maximum Gasteiger partial charge on any atom is 0.323 e.